The van der Waals surface area contributed by atoms with Crippen LogP contribution in [0.25, 0.3) is 0 Å². The second kappa shape index (κ2) is 11.5. The molecule has 7 heteroatoms. The highest BCUT2D eigenvalue weighted by Gasteiger charge is 2.47. The lowest BCUT2D eigenvalue weighted by molar-refractivity contribution is -0.127. The number of benzene rings is 3. The van der Waals surface area contributed by atoms with Gasteiger partial charge >= 0.3 is 6.09 Å². The first-order chi connectivity index (χ1) is 17.5. The zero-order valence-electron chi connectivity index (χ0n) is 20.5. The summed E-state index contributed by atoms with van der Waals surface area (Å²) in [5, 5.41) is 5.93. The third-order valence-corrected chi connectivity index (χ3v) is 6.18. The van der Waals surface area contributed by atoms with Gasteiger partial charge in [0.25, 0.3) is 0 Å². The van der Waals surface area contributed by atoms with Gasteiger partial charge in [-0.2, -0.15) is 0 Å². The zero-order chi connectivity index (χ0) is 25.5. The van der Waals surface area contributed by atoms with E-state index in [0.29, 0.717) is 17.7 Å². The SMILES string of the molecule is CCCC(=O)Nc1cccc(C2OC(=O)N(Cc3ccccc3)C2C(=O)NC(C)c2ccccc2)c1. The first-order valence-electron chi connectivity index (χ1n) is 12.2. The number of hydrogen-bond acceptors (Lipinski definition) is 4. The number of carbonyl (C=O) groups is 3. The number of ether oxygens (including phenoxy) is 1. The Morgan fingerprint density at radius 2 is 1.67 bits per heavy atom. The van der Waals surface area contributed by atoms with Gasteiger partial charge in [-0.25, -0.2) is 4.79 Å². The van der Waals surface area contributed by atoms with Crippen LogP contribution in [0.2, 0.25) is 0 Å². The maximum Gasteiger partial charge on any atom is 0.411 e. The largest absolute Gasteiger partial charge is 0.438 e. The summed E-state index contributed by atoms with van der Waals surface area (Å²) in [5.41, 5.74) is 3.09. The molecule has 1 heterocycles. The fourth-order valence-corrected chi connectivity index (χ4v) is 4.36. The predicted octanol–water partition coefficient (Wildman–Crippen LogP) is 5.36. The molecule has 0 aliphatic carbocycles. The quantitative estimate of drug-likeness (QED) is 0.427. The topological polar surface area (TPSA) is 87.7 Å². The molecule has 1 fully saturated rings. The van der Waals surface area contributed by atoms with Crippen molar-refractivity contribution < 1.29 is 19.1 Å². The molecule has 3 aromatic rings. The monoisotopic (exact) mass is 485 g/mol. The van der Waals surface area contributed by atoms with Gasteiger partial charge in [0.1, 0.15) is 0 Å². The molecule has 0 aromatic heterocycles. The number of anilines is 1. The first-order valence-corrected chi connectivity index (χ1v) is 12.2. The van der Waals surface area contributed by atoms with Gasteiger partial charge < -0.3 is 15.4 Å². The Morgan fingerprint density at radius 1 is 0.972 bits per heavy atom. The van der Waals surface area contributed by atoms with Gasteiger partial charge in [0.2, 0.25) is 11.8 Å². The lowest BCUT2D eigenvalue weighted by atomic mass is 9.99. The van der Waals surface area contributed by atoms with Crippen LogP contribution in [0.15, 0.2) is 84.9 Å². The number of nitrogens with zero attached hydrogens (tertiary/aromatic N) is 1. The smallest absolute Gasteiger partial charge is 0.411 e. The molecule has 2 N–H and O–H groups in total. The van der Waals surface area contributed by atoms with Crippen molar-refractivity contribution in [1.82, 2.24) is 10.2 Å². The molecule has 3 unspecified atom stereocenters. The molecular formula is C29H31N3O4. The van der Waals surface area contributed by atoms with E-state index in [0.717, 1.165) is 17.5 Å². The highest BCUT2D eigenvalue weighted by Crippen LogP contribution is 2.35. The molecule has 1 saturated heterocycles. The molecule has 0 radical (unpaired) electrons. The Kier molecular flexibility index (Phi) is 8.00. The summed E-state index contributed by atoms with van der Waals surface area (Å²) >= 11 is 0. The van der Waals surface area contributed by atoms with E-state index in [2.05, 4.69) is 10.6 Å². The fourth-order valence-electron chi connectivity index (χ4n) is 4.36. The Morgan fingerprint density at radius 3 is 2.36 bits per heavy atom. The lowest BCUT2D eigenvalue weighted by Gasteiger charge is -2.26. The van der Waals surface area contributed by atoms with Crippen molar-refractivity contribution in [1.29, 1.82) is 0 Å². The molecule has 1 aliphatic heterocycles. The van der Waals surface area contributed by atoms with Crippen LogP contribution in [0, 0.1) is 0 Å². The molecule has 4 rings (SSSR count). The van der Waals surface area contributed by atoms with Crippen molar-refractivity contribution in [2.75, 3.05) is 5.32 Å². The number of rotatable bonds is 9. The molecule has 186 valence electrons. The van der Waals surface area contributed by atoms with Crippen LogP contribution in [0.1, 0.15) is 55.5 Å². The standard InChI is InChI=1S/C29H31N3O4/c1-3-11-25(33)31-24-17-10-16-23(18-24)27-26(28(34)30-20(2)22-14-8-5-9-15-22)32(29(35)36-27)19-21-12-6-4-7-13-21/h4-10,12-18,20,26-27H,3,11,19H2,1-2H3,(H,30,34)(H,31,33). The summed E-state index contributed by atoms with van der Waals surface area (Å²) in [6.45, 7) is 4.08. The maximum absolute atomic E-state index is 13.7. The second-order valence-electron chi connectivity index (χ2n) is 8.93. The summed E-state index contributed by atoms with van der Waals surface area (Å²) in [6.07, 6.45) is -0.234. The Hall–Kier alpha value is -4.13. The van der Waals surface area contributed by atoms with Gasteiger partial charge in [0.15, 0.2) is 12.1 Å². The van der Waals surface area contributed by atoms with Gasteiger partial charge in [-0.1, -0.05) is 79.7 Å². The zero-order valence-corrected chi connectivity index (χ0v) is 20.5. The average Bonchev–Trinajstić information content (AvgIpc) is 3.21. The van der Waals surface area contributed by atoms with E-state index < -0.39 is 18.2 Å². The third-order valence-electron chi connectivity index (χ3n) is 6.18. The van der Waals surface area contributed by atoms with E-state index in [1.54, 1.807) is 24.3 Å². The molecule has 36 heavy (non-hydrogen) atoms. The summed E-state index contributed by atoms with van der Waals surface area (Å²) in [4.78, 5) is 40.3. The molecule has 0 spiro atoms. The van der Waals surface area contributed by atoms with Crippen LogP contribution >= 0.6 is 0 Å². The Bertz CT molecular complexity index is 1200. The van der Waals surface area contributed by atoms with Crippen molar-refractivity contribution in [3.63, 3.8) is 0 Å². The Balaban J connectivity index is 1.62. The van der Waals surface area contributed by atoms with Crippen molar-refractivity contribution in [2.24, 2.45) is 0 Å². The van der Waals surface area contributed by atoms with Crippen LogP contribution in [0.4, 0.5) is 10.5 Å². The molecule has 3 atom stereocenters. The van der Waals surface area contributed by atoms with E-state index in [1.165, 1.54) is 4.90 Å². The van der Waals surface area contributed by atoms with Gasteiger partial charge in [0, 0.05) is 12.1 Å². The molecule has 0 saturated carbocycles. The Labute approximate surface area is 211 Å². The van der Waals surface area contributed by atoms with Crippen LogP contribution in [-0.4, -0.2) is 28.8 Å². The average molecular weight is 486 g/mol. The highest BCUT2D eigenvalue weighted by atomic mass is 16.6. The number of carbonyl (C=O) groups excluding carboxylic acids is 3. The van der Waals surface area contributed by atoms with Gasteiger partial charge in [-0.05, 0) is 42.2 Å². The van der Waals surface area contributed by atoms with Gasteiger partial charge in [0.05, 0.1) is 12.6 Å². The normalized spacial score (nSPS) is 17.8. The molecular weight excluding hydrogens is 454 g/mol. The van der Waals surface area contributed by atoms with E-state index in [4.69, 9.17) is 4.74 Å². The molecule has 3 aromatic carbocycles. The van der Waals surface area contributed by atoms with Gasteiger partial charge in [-0.15, -0.1) is 0 Å². The summed E-state index contributed by atoms with van der Waals surface area (Å²) < 4.78 is 5.77. The minimum atomic E-state index is -0.884. The van der Waals surface area contributed by atoms with E-state index in [9.17, 15) is 14.4 Å². The van der Waals surface area contributed by atoms with Crippen LogP contribution in [-0.2, 0) is 20.9 Å². The summed E-state index contributed by atoms with van der Waals surface area (Å²) in [7, 11) is 0. The van der Waals surface area contributed by atoms with Crippen LogP contribution < -0.4 is 10.6 Å². The number of nitrogens with one attached hydrogen (secondary N) is 2. The molecule has 1 aliphatic rings. The van der Waals surface area contributed by atoms with E-state index >= 15 is 0 Å². The minimum Gasteiger partial charge on any atom is -0.438 e. The number of amides is 3. The highest BCUT2D eigenvalue weighted by molar-refractivity contribution is 5.91. The predicted molar refractivity (Wildman–Crippen MR) is 138 cm³/mol. The molecule has 7 nitrogen and oxygen atoms in total. The maximum atomic E-state index is 13.7. The van der Waals surface area contributed by atoms with E-state index in [1.807, 2.05) is 74.5 Å². The third kappa shape index (κ3) is 5.92. The first kappa shape index (κ1) is 25.0. The summed E-state index contributed by atoms with van der Waals surface area (Å²) in [6, 6.07) is 25.2. The van der Waals surface area contributed by atoms with Crippen molar-refractivity contribution >= 4 is 23.6 Å². The minimum absolute atomic E-state index is 0.0882. The van der Waals surface area contributed by atoms with Crippen molar-refractivity contribution in [3.8, 4) is 0 Å². The molecule has 0 bridgehead atoms. The van der Waals surface area contributed by atoms with Gasteiger partial charge in [-0.3, -0.25) is 14.5 Å². The van der Waals surface area contributed by atoms with Crippen LogP contribution in [0.3, 0.4) is 0 Å². The second-order valence-corrected chi connectivity index (χ2v) is 8.93. The van der Waals surface area contributed by atoms with Crippen LogP contribution in [0.5, 0.6) is 0 Å². The lowest BCUT2D eigenvalue weighted by Crippen LogP contribution is -2.46. The molecule has 3 amide bonds. The summed E-state index contributed by atoms with van der Waals surface area (Å²) in [5.74, 6) is -0.395. The number of cyclic esters (lactones) is 1. The number of hydrogen-bond donors (Lipinski definition) is 2. The van der Waals surface area contributed by atoms with Crippen molar-refractivity contribution in [2.45, 2.75) is 51.4 Å². The fraction of sp³-hybridized carbons (Fsp3) is 0.276. The van der Waals surface area contributed by atoms with Crippen molar-refractivity contribution in [3.05, 3.63) is 102 Å². The van der Waals surface area contributed by atoms with E-state index in [-0.39, 0.29) is 24.4 Å².